The molecule has 5 rings (SSSR count). The van der Waals surface area contributed by atoms with Crippen LogP contribution in [0.1, 0.15) is 51.3 Å². The molecule has 2 aliphatic heterocycles. The van der Waals surface area contributed by atoms with Crippen molar-refractivity contribution in [3.63, 3.8) is 0 Å². The quantitative estimate of drug-likeness (QED) is 0.619. The number of allylic oxidation sites excluding steroid dienone is 1. The highest BCUT2D eigenvalue weighted by Crippen LogP contribution is 2.52. The topological polar surface area (TPSA) is 30.8 Å². The second kappa shape index (κ2) is 5.68. The lowest BCUT2D eigenvalue weighted by Gasteiger charge is -2.41. The van der Waals surface area contributed by atoms with Crippen LogP contribution in [0.4, 0.5) is 5.69 Å². The zero-order valence-corrected chi connectivity index (χ0v) is 17.2. The fourth-order valence-corrected chi connectivity index (χ4v) is 4.55. The van der Waals surface area contributed by atoms with Gasteiger partial charge in [-0.2, -0.15) is 0 Å². The van der Waals surface area contributed by atoms with E-state index < -0.39 is 7.12 Å². The lowest BCUT2D eigenvalue weighted by molar-refractivity contribution is 0.00578. The molecular weight excluding hydrogens is 345 g/mol. The van der Waals surface area contributed by atoms with Gasteiger partial charge >= 0.3 is 7.12 Å². The highest BCUT2D eigenvalue weighted by molar-refractivity contribution is 6.84. The Labute approximate surface area is 167 Å². The highest BCUT2D eigenvalue weighted by atomic mass is 16.7. The largest absolute Gasteiger partial charge is 0.511 e. The summed E-state index contributed by atoms with van der Waals surface area (Å²) in [6, 6.07) is 17.0. The van der Waals surface area contributed by atoms with E-state index in [1.165, 1.54) is 22.3 Å². The molecule has 0 saturated carbocycles. The summed E-state index contributed by atoms with van der Waals surface area (Å²) in [6.45, 7) is 10.7. The molecule has 1 saturated heterocycles. The van der Waals surface area contributed by atoms with Crippen molar-refractivity contribution in [1.82, 2.24) is 0 Å². The molecule has 2 heterocycles. The number of hydrogen-bond acceptors (Lipinski definition) is 3. The third kappa shape index (κ3) is 2.41. The summed E-state index contributed by atoms with van der Waals surface area (Å²) in [7, 11) is -0.447. The van der Waals surface area contributed by atoms with Crippen LogP contribution in [0.5, 0.6) is 0 Å². The molecule has 28 heavy (non-hydrogen) atoms. The number of nitrogens with zero attached hydrogens (tertiary/aromatic N) is 1. The predicted molar refractivity (Wildman–Crippen MR) is 116 cm³/mol. The molecule has 0 amide bonds. The van der Waals surface area contributed by atoms with E-state index in [0.29, 0.717) is 0 Å². The third-order valence-electron chi connectivity index (χ3n) is 6.97. The van der Waals surface area contributed by atoms with Crippen molar-refractivity contribution in [3.8, 4) is 0 Å². The van der Waals surface area contributed by atoms with Crippen LogP contribution in [0.25, 0.3) is 11.6 Å². The maximum Gasteiger partial charge on any atom is 0.511 e. The second-order valence-corrected chi connectivity index (χ2v) is 9.37. The van der Waals surface area contributed by atoms with Crippen LogP contribution in [0.3, 0.4) is 0 Å². The van der Waals surface area contributed by atoms with Gasteiger partial charge in [-0.3, -0.25) is 4.99 Å². The van der Waals surface area contributed by atoms with Gasteiger partial charge in [0, 0.05) is 11.0 Å². The van der Waals surface area contributed by atoms with Gasteiger partial charge in [-0.1, -0.05) is 49.4 Å². The Morgan fingerprint density at radius 3 is 2.25 bits per heavy atom. The number of rotatable bonds is 1. The van der Waals surface area contributed by atoms with E-state index in [1.54, 1.807) is 0 Å². The summed E-state index contributed by atoms with van der Waals surface area (Å²) in [5, 5.41) is 0. The van der Waals surface area contributed by atoms with Crippen LogP contribution >= 0.6 is 0 Å². The van der Waals surface area contributed by atoms with Crippen molar-refractivity contribution >= 4 is 30.1 Å². The summed E-state index contributed by atoms with van der Waals surface area (Å²) in [5.74, 6) is 0. The van der Waals surface area contributed by atoms with Gasteiger partial charge < -0.3 is 9.31 Å². The summed E-state index contributed by atoms with van der Waals surface area (Å²) < 4.78 is 12.9. The average Bonchev–Trinajstić information content (AvgIpc) is 2.86. The molecule has 1 atom stereocenters. The number of benzene rings is 2. The Bertz CT molecular complexity index is 1020. The highest BCUT2D eigenvalue weighted by Gasteiger charge is 2.58. The molecule has 3 nitrogen and oxygen atoms in total. The molecular formula is C24H26BNO2. The summed E-state index contributed by atoms with van der Waals surface area (Å²) in [5.41, 5.74) is 6.09. The molecule has 2 aromatic rings. The van der Waals surface area contributed by atoms with Crippen molar-refractivity contribution in [2.45, 2.75) is 52.2 Å². The van der Waals surface area contributed by atoms with Gasteiger partial charge in [0.25, 0.3) is 0 Å². The first-order valence-corrected chi connectivity index (χ1v) is 10.1. The third-order valence-corrected chi connectivity index (χ3v) is 6.97. The number of aliphatic imine (C=N–C) groups is 1. The number of fused-ring (bicyclic) bond motifs is 4. The molecule has 142 valence electrons. The van der Waals surface area contributed by atoms with Gasteiger partial charge in [0.15, 0.2) is 0 Å². The van der Waals surface area contributed by atoms with Crippen LogP contribution in [0.2, 0.25) is 0 Å². The van der Waals surface area contributed by atoms with Crippen molar-refractivity contribution in [2.75, 3.05) is 0 Å². The second-order valence-electron chi connectivity index (χ2n) is 9.37. The van der Waals surface area contributed by atoms with E-state index >= 15 is 0 Å². The molecule has 0 radical (unpaired) electrons. The van der Waals surface area contributed by atoms with Crippen LogP contribution < -0.4 is 0 Å². The molecule has 0 spiro atoms. The van der Waals surface area contributed by atoms with Gasteiger partial charge in [0.05, 0.1) is 22.5 Å². The normalized spacial score (nSPS) is 26.7. The number of para-hydroxylation sites is 1. The Hall–Kier alpha value is -2.17. The monoisotopic (exact) mass is 371 g/mol. The van der Waals surface area contributed by atoms with Gasteiger partial charge in [0.2, 0.25) is 0 Å². The van der Waals surface area contributed by atoms with E-state index in [4.69, 9.17) is 14.3 Å². The minimum Gasteiger partial charge on any atom is -0.399 e. The Balaban J connectivity index is 1.70. The Kier molecular flexibility index (Phi) is 3.63. The van der Waals surface area contributed by atoms with E-state index in [1.807, 2.05) is 6.07 Å². The molecule has 0 aromatic heterocycles. The summed E-state index contributed by atoms with van der Waals surface area (Å²) in [4.78, 5) is 5.11. The van der Waals surface area contributed by atoms with E-state index in [9.17, 15) is 0 Å². The van der Waals surface area contributed by atoms with Crippen LogP contribution in [-0.4, -0.2) is 23.9 Å². The molecule has 0 N–H and O–H groups in total. The van der Waals surface area contributed by atoms with Crippen molar-refractivity contribution in [2.24, 2.45) is 10.4 Å². The van der Waals surface area contributed by atoms with E-state index in [2.05, 4.69) is 83.2 Å². The first-order valence-electron chi connectivity index (χ1n) is 10.1. The van der Waals surface area contributed by atoms with Crippen LogP contribution in [-0.2, 0) is 15.7 Å². The zero-order valence-electron chi connectivity index (χ0n) is 17.2. The molecule has 1 aliphatic carbocycles. The maximum absolute atomic E-state index is 6.44. The molecule has 0 bridgehead atoms. The Morgan fingerprint density at radius 2 is 1.50 bits per heavy atom. The average molecular weight is 371 g/mol. The SMILES string of the molecule is CC12Cc3ccccc3C=C1c1ccccc1N=C2B1OC(C)(C)C(C)(C)O1. The standard InChI is InChI=1S/C24H26BNO2/c1-22(2)23(3,4)28-25(27-22)21-24(5)15-17-11-7-6-10-16(17)14-19(24)18-12-8-9-13-20(18)26-21/h6-14H,15H2,1-5H3. The smallest absolute Gasteiger partial charge is 0.399 e. The predicted octanol–water partition coefficient (Wildman–Crippen LogP) is 5.51. The maximum atomic E-state index is 6.44. The molecule has 4 heteroatoms. The van der Waals surface area contributed by atoms with Crippen LogP contribution in [0, 0.1) is 5.41 Å². The molecule has 1 unspecified atom stereocenters. The lowest BCUT2D eigenvalue weighted by atomic mass is 9.56. The minimum atomic E-state index is -0.447. The van der Waals surface area contributed by atoms with Gasteiger partial charge in [-0.25, -0.2) is 0 Å². The van der Waals surface area contributed by atoms with Crippen LogP contribution in [0.15, 0.2) is 53.5 Å². The molecule has 3 aliphatic rings. The van der Waals surface area contributed by atoms with Crippen molar-refractivity contribution < 1.29 is 9.31 Å². The van der Waals surface area contributed by atoms with Gasteiger partial charge in [0.1, 0.15) is 0 Å². The fourth-order valence-electron chi connectivity index (χ4n) is 4.55. The van der Waals surface area contributed by atoms with Gasteiger partial charge in [-0.05, 0) is 63.0 Å². The minimum absolute atomic E-state index is 0.260. The molecule has 1 fully saturated rings. The zero-order chi connectivity index (χ0) is 19.7. The summed E-state index contributed by atoms with van der Waals surface area (Å²) in [6.07, 6.45) is 3.23. The van der Waals surface area contributed by atoms with E-state index in [-0.39, 0.29) is 16.6 Å². The van der Waals surface area contributed by atoms with E-state index in [0.717, 1.165) is 17.7 Å². The summed E-state index contributed by atoms with van der Waals surface area (Å²) >= 11 is 0. The molecule has 2 aromatic carbocycles. The first kappa shape index (κ1) is 17.9. The lowest BCUT2D eigenvalue weighted by Crippen LogP contribution is -2.46. The first-order chi connectivity index (χ1) is 13.2. The van der Waals surface area contributed by atoms with Crippen molar-refractivity contribution in [3.05, 3.63) is 65.2 Å². The fraction of sp³-hybridized carbons (Fsp3) is 0.375. The van der Waals surface area contributed by atoms with Gasteiger partial charge in [-0.15, -0.1) is 0 Å². The van der Waals surface area contributed by atoms with Crippen molar-refractivity contribution in [1.29, 1.82) is 0 Å². The number of hydrogen-bond donors (Lipinski definition) is 0. The Morgan fingerprint density at radius 1 is 0.857 bits per heavy atom.